The van der Waals surface area contributed by atoms with Crippen LogP contribution in [0, 0.1) is 0 Å². The van der Waals surface area contributed by atoms with Crippen LogP contribution in [0.25, 0.3) is 0 Å². The third-order valence-corrected chi connectivity index (χ3v) is 2.55. The molecule has 0 aliphatic rings. The molecule has 1 heterocycles. The maximum absolute atomic E-state index is 11.2. The highest BCUT2D eigenvalue weighted by molar-refractivity contribution is 6.32. The summed E-state index contributed by atoms with van der Waals surface area (Å²) in [6, 6.07) is 9.51. The van der Waals surface area contributed by atoms with E-state index in [-0.39, 0.29) is 10.3 Å². The van der Waals surface area contributed by atoms with Crippen molar-refractivity contribution in [2.75, 3.05) is 0 Å². The molecular formula is C11H7Cl2NO2. The van der Waals surface area contributed by atoms with Crippen molar-refractivity contribution < 1.29 is 4.42 Å². The zero-order valence-corrected chi connectivity index (χ0v) is 9.63. The van der Waals surface area contributed by atoms with Gasteiger partial charge in [0.2, 0.25) is 5.15 Å². The molecule has 1 aromatic heterocycles. The van der Waals surface area contributed by atoms with Crippen LogP contribution in [-0.2, 0) is 6.42 Å². The fourth-order valence-corrected chi connectivity index (χ4v) is 1.64. The normalized spacial score (nSPS) is 10.4. The van der Waals surface area contributed by atoms with Gasteiger partial charge in [-0.2, -0.15) is 0 Å². The summed E-state index contributed by atoms with van der Waals surface area (Å²) in [6.07, 6.45) is 0.416. The molecule has 0 fully saturated rings. The van der Waals surface area contributed by atoms with Crippen LogP contribution in [0.15, 0.2) is 39.5 Å². The molecule has 2 rings (SSSR count). The molecule has 0 aliphatic carbocycles. The van der Waals surface area contributed by atoms with Gasteiger partial charge in [0.25, 0.3) is 0 Å². The van der Waals surface area contributed by atoms with E-state index in [9.17, 15) is 4.79 Å². The molecule has 0 N–H and O–H groups in total. The van der Waals surface area contributed by atoms with Gasteiger partial charge >= 0.3 is 5.63 Å². The Morgan fingerprint density at radius 1 is 1.12 bits per heavy atom. The summed E-state index contributed by atoms with van der Waals surface area (Å²) in [7, 11) is 0. The molecule has 0 saturated heterocycles. The Morgan fingerprint density at radius 2 is 1.81 bits per heavy atom. The van der Waals surface area contributed by atoms with E-state index in [0.29, 0.717) is 12.2 Å². The van der Waals surface area contributed by atoms with Crippen LogP contribution in [0.3, 0.4) is 0 Å². The monoisotopic (exact) mass is 255 g/mol. The second-order valence-corrected chi connectivity index (χ2v) is 3.88. The smallest absolute Gasteiger partial charge is 0.374 e. The summed E-state index contributed by atoms with van der Waals surface area (Å²) in [6.45, 7) is 0. The first-order valence-electron chi connectivity index (χ1n) is 4.56. The van der Waals surface area contributed by atoms with Crippen LogP contribution in [0.5, 0.6) is 0 Å². The molecule has 0 bridgehead atoms. The highest BCUT2D eigenvalue weighted by atomic mass is 35.5. The number of halogens is 2. The summed E-state index contributed by atoms with van der Waals surface area (Å²) < 4.78 is 4.96. The molecule has 0 radical (unpaired) electrons. The van der Waals surface area contributed by atoms with Gasteiger partial charge in [-0.1, -0.05) is 53.5 Å². The molecule has 0 spiro atoms. The summed E-state index contributed by atoms with van der Waals surface area (Å²) in [5, 5.41) is -0.129. The maximum atomic E-state index is 11.2. The molecule has 5 heteroatoms. The summed E-state index contributed by atoms with van der Waals surface area (Å²) in [5.41, 5.74) is 0.314. The lowest BCUT2D eigenvalue weighted by atomic mass is 10.1. The van der Waals surface area contributed by atoms with Gasteiger partial charge in [0.05, 0.1) is 0 Å². The Morgan fingerprint density at radius 3 is 2.50 bits per heavy atom. The average Bonchev–Trinajstić information content (AvgIpc) is 2.27. The van der Waals surface area contributed by atoms with Crippen LogP contribution in [-0.4, -0.2) is 4.98 Å². The van der Waals surface area contributed by atoms with E-state index in [2.05, 4.69) is 4.98 Å². The molecule has 0 unspecified atom stereocenters. The van der Waals surface area contributed by atoms with Gasteiger partial charge in [-0.25, -0.2) is 9.78 Å². The Bertz CT molecular complexity index is 552. The standard InChI is InChI=1S/C11H7Cl2NO2/c12-9-8(16-11(15)10(13)14-9)6-7-4-2-1-3-5-7/h1-5H,6H2. The predicted molar refractivity (Wildman–Crippen MR) is 62.0 cm³/mol. The van der Waals surface area contributed by atoms with Crippen molar-refractivity contribution in [3.63, 3.8) is 0 Å². The Hall–Kier alpha value is -1.32. The van der Waals surface area contributed by atoms with Gasteiger partial charge in [-0.3, -0.25) is 0 Å². The van der Waals surface area contributed by atoms with Crippen molar-refractivity contribution in [1.29, 1.82) is 0 Å². The lowest BCUT2D eigenvalue weighted by molar-refractivity contribution is 0.461. The fourth-order valence-electron chi connectivity index (χ4n) is 1.28. The molecule has 16 heavy (non-hydrogen) atoms. The highest BCUT2D eigenvalue weighted by Crippen LogP contribution is 2.17. The van der Waals surface area contributed by atoms with Crippen molar-refractivity contribution in [3.8, 4) is 0 Å². The van der Waals surface area contributed by atoms with Crippen molar-refractivity contribution in [3.05, 3.63) is 62.4 Å². The zero-order chi connectivity index (χ0) is 11.5. The first kappa shape index (κ1) is 11.2. The average molecular weight is 256 g/mol. The van der Waals surface area contributed by atoms with Gasteiger partial charge in [-0.05, 0) is 5.56 Å². The third kappa shape index (κ3) is 2.43. The van der Waals surface area contributed by atoms with E-state index in [1.165, 1.54) is 0 Å². The molecule has 0 amide bonds. The van der Waals surface area contributed by atoms with Gasteiger partial charge in [0, 0.05) is 6.42 Å². The van der Waals surface area contributed by atoms with Crippen LogP contribution < -0.4 is 5.63 Å². The topological polar surface area (TPSA) is 43.1 Å². The maximum Gasteiger partial charge on any atom is 0.374 e. The minimum absolute atomic E-state index is 0.119. The van der Waals surface area contributed by atoms with Crippen LogP contribution in [0.2, 0.25) is 10.3 Å². The van der Waals surface area contributed by atoms with Crippen LogP contribution in [0.4, 0.5) is 0 Å². The quantitative estimate of drug-likeness (QED) is 0.829. The van der Waals surface area contributed by atoms with Gasteiger partial charge in [0.15, 0.2) is 5.15 Å². The number of hydrogen-bond donors (Lipinski definition) is 0. The molecule has 0 atom stereocenters. The van der Waals surface area contributed by atoms with E-state index in [1.807, 2.05) is 30.3 Å². The summed E-state index contributed by atoms with van der Waals surface area (Å²) >= 11 is 11.3. The number of benzene rings is 1. The van der Waals surface area contributed by atoms with Gasteiger partial charge in [0.1, 0.15) is 5.76 Å². The van der Waals surface area contributed by atoms with Crippen LogP contribution >= 0.6 is 23.2 Å². The number of aromatic nitrogens is 1. The van der Waals surface area contributed by atoms with Crippen molar-refractivity contribution in [2.45, 2.75) is 6.42 Å². The zero-order valence-electron chi connectivity index (χ0n) is 8.11. The molecule has 0 aliphatic heterocycles. The van der Waals surface area contributed by atoms with Crippen molar-refractivity contribution in [2.24, 2.45) is 0 Å². The molecule has 2 aromatic rings. The van der Waals surface area contributed by atoms with E-state index in [0.717, 1.165) is 5.56 Å². The third-order valence-electron chi connectivity index (χ3n) is 2.02. The number of nitrogens with zero attached hydrogens (tertiary/aromatic N) is 1. The Kier molecular flexibility index (Phi) is 3.27. The van der Waals surface area contributed by atoms with Crippen LogP contribution in [0.1, 0.15) is 11.3 Å². The van der Waals surface area contributed by atoms with E-state index in [4.69, 9.17) is 27.6 Å². The first-order valence-corrected chi connectivity index (χ1v) is 5.31. The molecule has 82 valence electrons. The van der Waals surface area contributed by atoms with E-state index < -0.39 is 5.63 Å². The Balaban J connectivity index is 2.36. The second kappa shape index (κ2) is 4.68. The highest BCUT2D eigenvalue weighted by Gasteiger charge is 2.10. The van der Waals surface area contributed by atoms with Gasteiger partial charge in [-0.15, -0.1) is 0 Å². The van der Waals surface area contributed by atoms with Crippen molar-refractivity contribution in [1.82, 2.24) is 4.98 Å². The largest absolute Gasteiger partial charge is 0.422 e. The Labute approximate surface area is 102 Å². The molecule has 3 nitrogen and oxygen atoms in total. The van der Waals surface area contributed by atoms with E-state index >= 15 is 0 Å². The fraction of sp³-hybridized carbons (Fsp3) is 0.0909. The summed E-state index contributed by atoms with van der Waals surface area (Å²) in [5.74, 6) is 0.322. The van der Waals surface area contributed by atoms with Gasteiger partial charge < -0.3 is 4.42 Å². The number of hydrogen-bond acceptors (Lipinski definition) is 3. The molecule has 1 aromatic carbocycles. The van der Waals surface area contributed by atoms with Crippen molar-refractivity contribution >= 4 is 23.2 Å². The molecular weight excluding hydrogens is 249 g/mol. The number of rotatable bonds is 2. The summed E-state index contributed by atoms with van der Waals surface area (Å²) in [4.78, 5) is 14.9. The minimum atomic E-state index is -0.669. The second-order valence-electron chi connectivity index (χ2n) is 3.17. The lowest BCUT2D eigenvalue weighted by Gasteiger charge is -2.02. The SMILES string of the molecule is O=c1oc(Cc2ccccc2)c(Cl)nc1Cl. The minimum Gasteiger partial charge on any atom is -0.422 e. The molecule has 0 saturated carbocycles. The predicted octanol–water partition coefficient (Wildman–Crippen LogP) is 2.93. The first-order chi connectivity index (χ1) is 7.66. The lowest BCUT2D eigenvalue weighted by Crippen LogP contribution is -2.06. The van der Waals surface area contributed by atoms with E-state index in [1.54, 1.807) is 0 Å².